The first-order valence-electron chi connectivity index (χ1n) is 37.4. The lowest BCUT2D eigenvalue weighted by molar-refractivity contribution is -0.784. The lowest BCUT2D eigenvalue weighted by Gasteiger charge is -2.27. The van der Waals surface area contributed by atoms with Gasteiger partial charge in [0.05, 0.1) is 157 Å². The number of H-pyrrole nitrogens is 4. The predicted molar refractivity (Wildman–Crippen MR) is 402 cm³/mol. The van der Waals surface area contributed by atoms with Crippen LogP contribution in [0, 0.1) is 17.8 Å². The molecule has 26 heteroatoms. The Labute approximate surface area is 619 Å². The normalized spacial score (nSPS) is 14.5. The molecule has 0 radical (unpaired) electrons. The van der Waals surface area contributed by atoms with Crippen molar-refractivity contribution < 1.29 is 71.0 Å². The van der Waals surface area contributed by atoms with Gasteiger partial charge in [0.25, 0.3) is 0 Å². The van der Waals surface area contributed by atoms with Crippen LogP contribution in [0.15, 0.2) is 92.6 Å². The van der Waals surface area contributed by atoms with Gasteiger partial charge in [-0.1, -0.05) is 35.5 Å². The maximum absolute atomic E-state index is 5.53. The number of nitrogens with one attached hydrogen (secondary N) is 4. The molecule has 4 aliphatic rings. The number of benzene rings is 1. The van der Waals surface area contributed by atoms with E-state index in [1.54, 1.807) is 54.8 Å². The van der Waals surface area contributed by atoms with Gasteiger partial charge in [0.15, 0.2) is 5.82 Å². The summed E-state index contributed by atoms with van der Waals surface area (Å²) in [5.41, 5.74) is 4.56. The third-order valence-corrected chi connectivity index (χ3v) is 14.0. The standard InChI is InChI=1S/C11H16O.C10H20O2.C9H13NO.C9H18O2.2C7H12N2O.C7H14O2.C6H11N3O.C6H12O2.C5H10N4O/c1-10(2)12-9-8-11-6-4-3-5-7-11;1-9(2)12-8-5-10-3-6-11-7-4-10;2*1-8(2)11-7-9-3-5-10-6-4-9;2*1-6(2)10-4-7-3-8-5-9-7;1-6(2)9-5-7-3-8-4-7;1-6(2)10-5-9-4-7-3-8-9;1-5(2)8-6-3-7-4-6;1-4(2)10-3-5-6-8-9-7-5/h3-7,10H,8-9H2,1-2H3;9-10H,3-8H2,1-2H3;3-6,8H,7H2,1-2H3;8-9H,3-7H2,1-2H3;2*3,5-6H,4H2,1-2H3,(H,8,9);6-7H,3-5H2,1-2H3;3-4,6H,5H2,1-2H3;5-6H,3-4H2,1-2H3;4H,3H2,1-2H3,(H,6,7,8,9)/p+1. The summed E-state index contributed by atoms with van der Waals surface area (Å²) in [6, 6.07) is 14.3. The highest BCUT2D eigenvalue weighted by atomic mass is 16.6. The lowest BCUT2D eigenvalue weighted by atomic mass is 9.97. The fourth-order valence-corrected chi connectivity index (χ4v) is 8.21. The van der Waals surface area contributed by atoms with Gasteiger partial charge in [0.1, 0.15) is 12.7 Å². The maximum Gasteiger partial charge on any atom is 0.308 e. The van der Waals surface area contributed by atoms with Crippen LogP contribution in [0.3, 0.4) is 0 Å². The Balaban J connectivity index is 0.000000573. The van der Waals surface area contributed by atoms with Crippen LogP contribution < -0.4 is 4.68 Å². The maximum atomic E-state index is 5.53. The lowest BCUT2D eigenvalue weighted by Crippen LogP contribution is -2.37. The summed E-state index contributed by atoms with van der Waals surface area (Å²) in [7, 11) is 0. The predicted octanol–water partition coefficient (Wildman–Crippen LogP) is 13.5. The molecule has 0 bridgehead atoms. The first kappa shape index (κ1) is 95.5. The average Bonchev–Trinajstić information content (AvgIpc) is 2.08. The summed E-state index contributed by atoms with van der Waals surface area (Å²) in [4.78, 5) is 21.4. The van der Waals surface area contributed by atoms with Gasteiger partial charge >= 0.3 is 6.33 Å². The van der Waals surface area contributed by atoms with Gasteiger partial charge in [0.2, 0.25) is 13.1 Å². The number of nitrogens with zero attached hydrogens (tertiary/aromatic N) is 8. The van der Waals surface area contributed by atoms with Gasteiger partial charge in [-0.15, -0.1) is 14.9 Å². The van der Waals surface area contributed by atoms with Crippen LogP contribution in [-0.2, 0) is 106 Å². The third-order valence-electron chi connectivity index (χ3n) is 14.0. The van der Waals surface area contributed by atoms with Gasteiger partial charge < -0.3 is 76.3 Å². The van der Waals surface area contributed by atoms with E-state index < -0.39 is 0 Å². The molecule has 4 fully saturated rings. The highest BCUT2D eigenvalue weighted by Crippen LogP contribution is 2.19. The molecule has 10 rings (SSSR count). The number of imidazole rings is 2. The smallest absolute Gasteiger partial charge is 0.308 e. The van der Waals surface area contributed by atoms with Crippen LogP contribution in [0.5, 0.6) is 0 Å². The topological polar surface area (TPSA) is 286 Å². The molecule has 26 nitrogen and oxygen atoms in total. The van der Waals surface area contributed by atoms with Crippen molar-refractivity contribution in [2.24, 2.45) is 17.8 Å². The molecule has 103 heavy (non-hydrogen) atoms. The van der Waals surface area contributed by atoms with Crippen molar-refractivity contribution in [1.29, 1.82) is 0 Å². The Morgan fingerprint density at radius 3 is 1.32 bits per heavy atom. The first-order chi connectivity index (χ1) is 49.4. The van der Waals surface area contributed by atoms with Crippen molar-refractivity contribution in [3.8, 4) is 0 Å². The van der Waals surface area contributed by atoms with Gasteiger partial charge in [-0.25, -0.2) is 9.97 Å². The van der Waals surface area contributed by atoms with Crippen molar-refractivity contribution in [2.75, 3.05) is 79.3 Å². The summed E-state index contributed by atoms with van der Waals surface area (Å²) < 4.78 is 75.9. The van der Waals surface area contributed by atoms with Gasteiger partial charge in [-0.05, 0) is 217 Å². The van der Waals surface area contributed by atoms with E-state index in [0.29, 0.717) is 87.6 Å². The SMILES string of the molecule is CC(C)OC1COC1.CC(C)OCC1CCOCC1.CC(C)OCC1COC1.CC(C)OCCC1CCOCC1.CC(C)OCCc1ccccc1.CC(C)OC[n+]1cnc[nH]1.CC(C)OCc1ccncc1.CC(C)OCc1cnc[nH]1.CC(C)OCc1cnc[nH]1.CC(C)OCc1nn[nH]n1. The molecule has 0 saturated carbocycles. The molecule has 1 aromatic carbocycles. The molecule has 4 aliphatic heterocycles. The van der Waals surface area contributed by atoms with Crippen molar-refractivity contribution in [3.05, 3.63) is 121 Å². The molecule has 0 atom stereocenters. The quantitative estimate of drug-likeness (QED) is 0.0294. The largest absolute Gasteiger partial charge is 0.381 e. The number of tetrazole rings is 1. The van der Waals surface area contributed by atoms with Gasteiger partial charge in [-0.3, -0.25) is 4.98 Å². The summed E-state index contributed by atoms with van der Waals surface area (Å²) in [6.07, 6.45) is 24.2. The number of pyridine rings is 1. The zero-order chi connectivity index (χ0) is 76.1. The molecule has 0 aliphatic carbocycles. The van der Waals surface area contributed by atoms with E-state index in [1.807, 2.05) is 101 Å². The fourth-order valence-electron chi connectivity index (χ4n) is 8.21. The second-order valence-electron chi connectivity index (χ2n) is 27.6. The van der Waals surface area contributed by atoms with Crippen molar-refractivity contribution >= 4 is 0 Å². The molecule has 5 aromatic heterocycles. The van der Waals surface area contributed by atoms with Gasteiger partial charge in [0, 0.05) is 58.0 Å². The van der Waals surface area contributed by atoms with Gasteiger partial charge in [-0.2, -0.15) is 10.3 Å². The Kier molecular flexibility index (Phi) is 59.0. The Morgan fingerprint density at radius 2 is 0.913 bits per heavy atom. The van der Waals surface area contributed by atoms with E-state index in [-0.39, 0.29) is 24.4 Å². The minimum absolute atomic E-state index is 0.207. The molecule has 9 heterocycles. The van der Waals surface area contributed by atoms with Crippen LogP contribution in [0.25, 0.3) is 0 Å². The molecule has 6 aromatic rings. The van der Waals surface area contributed by atoms with E-state index in [2.05, 4.69) is 135 Å². The summed E-state index contributed by atoms with van der Waals surface area (Å²) in [5, 5.41) is 16.0. The van der Waals surface area contributed by atoms with E-state index in [1.165, 1.54) is 43.2 Å². The van der Waals surface area contributed by atoms with E-state index in [0.717, 1.165) is 109 Å². The molecule has 0 amide bonds. The second kappa shape index (κ2) is 63.7. The van der Waals surface area contributed by atoms with Crippen molar-refractivity contribution in [2.45, 2.75) is 277 Å². The van der Waals surface area contributed by atoms with E-state index >= 15 is 0 Å². The number of aromatic nitrogens is 12. The van der Waals surface area contributed by atoms with Crippen LogP contribution >= 0.6 is 0 Å². The molecule has 0 unspecified atom stereocenters. The fraction of sp³-hybridized carbons (Fsp3) is 0.740. The molecule has 4 saturated heterocycles. The molecule has 0 spiro atoms. The van der Waals surface area contributed by atoms with Crippen LogP contribution in [0.2, 0.25) is 0 Å². The van der Waals surface area contributed by atoms with Crippen molar-refractivity contribution in [3.63, 3.8) is 0 Å². The Morgan fingerprint density at radius 1 is 0.437 bits per heavy atom. The Bertz CT molecular complexity index is 2460. The number of rotatable bonds is 31. The third kappa shape index (κ3) is 62.4. The summed E-state index contributed by atoms with van der Waals surface area (Å²) in [6.45, 7) is 54.2. The second-order valence-corrected chi connectivity index (χ2v) is 27.6. The Hall–Kier alpha value is -5.56. The van der Waals surface area contributed by atoms with Crippen LogP contribution in [-0.4, -0.2) is 202 Å². The van der Waals surface area contributed by atoms with E-state index in [4.69, 9.17) is 66.3 Å². The average molecular weight is 1460 g/mol. The highest BCUT2D eigenvalue weighted by Gasteiger charge is 2.20. The minimum atomic E-state index is 0.207. The summed E-state index contributed by atoms with van der Waals surface area (Å²) in [5.74, 6) is 2.85. The van der Waals surface area contributed by atoms with Crippen molar-refractivity contribution in [1.82, 2.24) is 55.6 Å². The van der Waals surface area contributed by atoms with Crippen LogP contribution in [0.1, 0.15) is 199 Å². The summed E-state index contributed by atoms with van der Waals surface area (Å²) >= 11 is 0. The highest BCUT2D eigenvalue weighted by molar-refractivity contribution is 5.14. The molecule has 590 valence electrons. The molecule has 4 N–H and O–H groups in total. The minimum Gasteiger partial charge on any atom is -0.381 e. The zero-order valence-corrected chi connectivity index (χ0v) is 66.8. The number of hydrogen-bond donors (Lipinski definition) is 4. The monoisotopic (exact) mass is 1460 g/mol. The molecular formula is C77H139N12O14+. The number of aromatic amines is 4. The number of ether oxygens (including phenoxy) is 14. The zero-order valence-electron chi connectivity index (χ0n) is 66.8. The van der Waals surface area contributed by atoms with E-state index in [9.17, 15) is 0 Å². The van der Waals surface area contributed by atoms with Crippen LogP contribution in [0.4, 0.5) is 0 Å². The molecular weight excluding hydrogens is 1320 g/mol. The first-order valence-corrected chi connectivity index (χ1v) is 37.4. The number of hydrogen-bond acceptors (Lipinski definition) is 21.